The highest BCUT2D eigenvalue weighted by molar-refractivity contribution is 7.89. The van der Waals surface area contributed by atoms with Crippen LogP contribution >= 0.6 is 0 Å². The van der Waals surface area contributed by atoms with Crippen molar-refractivity contribution in [2.45, 2.75) is 25.7 Å². The van der Waals surface area contributed by atoms with E-state index in [1.807, 2.05) is 32.0 Å². The number of sulfonamides is 1. The smallest absolute Gasteiger partial charge is 0.262 e. The number of nitrogens with zero attached hydrogens (tertiary/aromatic N) is 1. The number of hydrogen-bond acceptors (Lipinski definition) is 4. The topological polar surface area (TPSA) is 75.7 Å². The average Bonchev–Trinajstić information content (AvgIpc) is 2.55. The largest absolute Gasteiger partial charge is 0.483 e. The van der Waals surface area contributed by atoms with Crippen molar-refractivity contribution in [3.8, 4) is 5.75 Å². The first-order chi connectivity index (χ1) is 12.1. The first-order valence-electron chi connectivity index (χ1n) is 8.14. The van der Waals surface area contributed by atoms with Gasteiger partial charge >= 0.3 is 0 Å². The first kappa shape index (κ1) is 19.9. The number of ether oxygens (including phenoxy) is 1. The lowest BCUT2D eigenvalue weighted by molar-refractivity contribution is -0.118. The summed E-state index contributed by atoms with van der Waals surface area (Å²) in [6, 6.07) is 10.5. The van der Waals surface area contributed by atoms with Crippen molar-refractivity contribution in [3.05, 3.63) is 53.1 Å². The summed E-state index contributed by atoms with van der Waals surface area (Å²) in [6.45, 7) is 5.46. The summed E-state index contributed by atoms with van der Waals surface area (Å²) >= 11 is 0. The van der Waals surface area contributed by atoms with Gasteiger partial charge in [-0.05, 0) is 50.1 Å². The van der Waals surface area contributed by atoms with Gasteiger partial charge in [0.05, 0.1) is 4.90 Å². The van der Waals surface area contributed by atoms with E-state index in [-0.39, 0.29) is 17.4 Å². The molecule has 2 aromatic rings. The van der Waals surface area contributed by atoms with Gasteiger partial charge in [0.15, 0.2) is 6.61 Å². The van der Waals surface area contributed by atoms with Gasteiger partial charge in [-0.1, -0.05) is 23.8 Å². The van der Waals surface area contributed by atoms with Crippen LogP contribution in [0.2, 0.25) is 0 Å². The lowest BCUT2D eigenvalue weighted by Crippen LogP contribution is -2.24. The maximum Gasteiger partial charge on any atom is 0.262 e. The molecule has 0 unspecified atom stereocenters. The van der Waals surface area contributed by atoms with Gasteiger partial charge < -0.3 is 10.1 Å². The Hall–Kier alpha value is -2.38. The average molecular weight is 376 g/mol. The van der Waals surface area contributed by atoms with Crippen LogP contribution in [-0.2, 0) is 14.8 Å². The SMILES string of the molecule is Cc1ccc(OCC(=O)Nc2ccc(C)c(S(=O)(=O)N(C)C)c2)c(C)c1. The fourth-order valence-corrected chi connectivity index (χ4v) is 3.60. The molecule has 140 valence electrons. The van der Waals surface area contributed by atoms with Crippen LogP contribution in [0.4, 0.5) is 5.69 Å². The van der Waals surface area contributed by atoms with E-state index >= 15 is 0 Å². The second kappa shape index (κ2) is 7.88. The molecule has 26 heavy (non-hydrogen) atoms. The van der Waals surface area contributed by atoms with E-state index in [0.29, 0.717) is 17.0 Å². The van der Waals surface area contributed by atoms with Crippen LogP contribution in [0.15, 0.2) is 41.3 Å². The fraction of sp³-hybridized carbons (Fsp3) is 0.316. The Morgan fingerprint density at radius 3 is 2.35 bits per heavy atom. The van der Waals surface area contributed by atoms with Crippen molar-refractivity contribution in [2.75, 3.05) is 26.0 Å². The molecule has 0 aliphatic rings. The third kappa shape index (κ3) is 4.62. The number of nitrogens with one attached hydrogen (secondary N) is 1. The zero-order chi connectivity index (χ0) is 19.5. The second-order valence-electron chi connectivity index (χ2n) is 6.37. The molecule has 2 aromatic carbocycles. The number of anilines is 1. The monoisotopic (exact) mass is 376 g/mol. The van der Waals surface area contributed by atoms with Crippen LogP contribution < -0.4 is 10.1 Å². The van der Waals surface area contributed by atoms with Gasteiger partial charge in [-0.15, -0.1) is 0 Å². The highest BCUT2D eigenvalue weighted by Gasteiger charge is 2.20. The zero-order valence-electron chi connectivity index (χ0n) is 15.7. The van der Waals surface area contributed by atoms with Crippen molar-refractivity contribution >= 4 is 21.6 Å². The Balaban J connectivity index is 2.10. The number of rotatable bonds is 6. The van der Waals surface area contributed by atoms with Crippen LogP contribution in [0, 0.1) is 20.8 Å². The van der Waals surface area contributed by atoms with Gasteiger partial charge in [-0.25, -0.2) is 12.7 Å². The third-order valence-electron chi connectivity index (χ3n) is 3.92. The van der Waals surface area contributed by atoms with E-state index in [1.54, 1.807) is 19.1 Å². The van der Waals surface area contributed by atoms with Crippen LogP contribution in [0.5, 0.6) is 5.75 Å². The van der Waals surface area contributed by atoms with Gasteiger partial charge in [-0.3, -0.25) is 4.79 Å². The molecule has 0 spiro atoms. The number of aryl methyl sites for hydroxylation is 3. The van der Waals surface area contributed by atoms with E-state index < -0.39 is 10.0 Å². The second-order valence-corrected chi connectivity index (χ2v) is 8.49. The first-order valence-corrected chi connectivity index (χ1v) is 9.58. The lowest BCUT2D eigenvalue weighted by atomic mass is 10.1. The normalized spacial score (nSPS) is 11.5. The minimum atomic E-state index is -3.58. The molecule has 1 amide bonds. The molecule has 0 saturated carbocycles. The van der Waals surface area contributed by atoms with Gasteiger partial charge in [0.2, 0.25) is 10.0 Å². The van der Waals surface area contributed by atoms with Gasteiger partial charge in [0, 0.05) is 19.8 Å². The van der Waals surface area contributed by atoms with Gasteiger partial charge in [0.25, 0.3) is 5.91 Å². The Kier molecular flexibility index (Phi) is 6.05. The van der Waals surface area contributed by atoms with E-state index in [4.69, 9.17) is 4.74 Å². The number of hydrogen-bond donors (Lipinski definition) is 1. The summed E-state index contributed by atoms with van der Waals surface area (Å²) in [5.74, 6) is 0.285. The number of benzene rings is 2. The molecule has 0 aromatic heterocycles. The molecule has 6 nitrogen and oxygen atoms in total. The molecule has 0 atom stereocenters. The van der Waals surface area contributed by atoms with Crippen molar-refractivity contribution in [3.63, 3.8) is 0 Å². The molecule has 0 aliphatic carbocycles. The summed E-state index contributed by atoms with van der Waals surface area (Å²) in [5.41, 5.74) is 3.09. The Morgan fingerprint density at radius 2 is 1.73 bits per heavy atom. The lowest BCUT2D eigenvalue weighted by Gasteiger charge is -2.15. The van der Waals surface area contributed by atoms with Crippen LogP contribution in [0.1, 0.15) is 16.7 Å². The maximum atomic E-state index is 12.4. The number of amides is 1. The molecule has 1 N–H and O–H groups in total. The predicted octanol–water partition coefficient (Wildman–Crippen LogP) is 2.88. The summed E-state index contributed by atoms with van der Waals surface area (Å²) in [6.07, 6.45) is 0. The van der Waals surface area contributed by atoms with Crippen LogP contribution in [0.3, 0.4) is 0 Å². The van der Waals surface area contributed by atoms with Gasteiger partial charge in [-0.2, -0.15) is 0 Å². The highest BCUT2D eigenvalue weighted by atomic mass is 32.2. The highest BCUT2D eigenvalue weighted by Crippen LogP contribution is 2.23. The Morgan fingerprint density at radius 1 is 1.04 bits per heavy atom. The van der Waals surface area contributed by atoms with Crippen LogP contribution in [0.25, 0.3) is 0 Å². The standard InChI is InChI=1S/C19H24N2O4S/c1-13-6-9-17(15(3)10-13)25-12-19(22)20-16-8-7-14(2)18(11-16)26(23,24)21(4)5/h6-11H,12H2,1-5H3,(H,20,22). The van der Waals surface area contributed by atoms with Crippen LogP contribution in [-0.4, -0.2) is 39.3 Å². The number of carbonyl (C=O) groups is 1. The molecule has 0 aliphatic heterocycles. The summed E-state index contributed by atoms with van der Waals surface area (Å²) in [5, 5.41) is 2.67. The molecule has 0 radical (unpaired) electrons. The number of carbonyl (C=O) groups excluding carboxylic acids is 1. The zero-order valence-corrected chi connectivity index (χ0v) is 16.5. The molecule has 2 rings (SSSR count). The molecule has 7 heteroatoms. The van der Waals surface area contributed by atoms with E-state index in [1.165, 1.54) is 20.2 Å². The summed E-state index contributed by atoms with van der Waals surface area (Å²) in [7, 11) is -0.640. The van der Waals surface area contributed by atoms with Crippen molar-refractivity contribution in [1.29, 1.82) is 0 Å². The molecule has 0 heterocycles. The van der Waals surface area contributed by atoms with Crippen molar-refractivity contribution in [1.82, 2.24) is 4.31 Å². The molecular weight excluding hydrogens is 352 g/mol. The predicted molar refractivity (Wildman–Crippen MR) is 102 cm³/mol. The van der Waals surface area contributed by atoms with E-state index in [2.05, 4.69) is 5.32 Å². The van der Waals surface area contributed by atoms with Crippen molar-refractivity contribution in [2.24, 2.45) is 0 Å². The minimum Gasteiger partial charge on any atom is -0.483 e. The molecule has 0 fully saturated rings. The summed E-state index contributed by atoms with van der Waals surface area (Å²) < 4.78 is 31.4. The molecular formula is C19H24N2O4S. The van der Waals surface area contributed by atoms with Crippen molar-refractivity contribution < 1.29 is 17.9 Å². The van der Waals surface area contributed by atoms with E-state index in [9.17, 15) is 13.2 Å². The van der Waals surface area contributed by atoms with Gasteiger partial charge in [0.1, 0.15) is 5.75 Å². The molecule has 0 saturated heterocycles. The third-order valence-corrected chi connectivity index (χ3v) is 5.88. The minimum absolute atomic E-state index is 0.159. The fourth-order valence-electron chi connectivity index (χ4n) is 2.45. The maximum absolute atomic E-state index is 12.4. The summed E-state index contributed by atoms with van der Waals surface area (Å²) in [4.78, 5) is 12.3. The Labute approximate surface area is 154 Å². The molecule has 0 bridgehead atoms. The van der Waals surface area contributed by atoms with E-state index in [0.717, 1.165) is 15.4 Å². The quantitative estimate of drug-likeness (QED) is 0.841. The Bertz CT molecular complexity index is 921.